The van der Waals surface area contributed by atoms with E-state index in [2.05, 4.69) is 63.6 Å². The van der Waals surface area contributed by atoms with Gasteiger partial charge in [-0.3, -0.25) is 19.5 Å². The van der Waals surface area contributed by atoms with Crippen LogP contribution < -0.4 is 5.32 Å². The third-order valence-corrected chi connectivity index (χ3v) is 7.81. The zero-order valence-corrected chi connectivity index (χ0v) is 23.4. The van der Waals surface area contributed by atoms with E-state index in [9.17, 15) is 14.7 Å². The van der Waals surface area contributed by atoms with Gasteiger partial charge in [0.2, 0.25) is 0 Å². The van der Waals surface area contributed by atoms with Crippen LogP contribution in [0.3, 0.4) is 0 Å². The molecule has 39 heavy (non-hydrogen) atoms. The molecule has 7 nitrogen and oxygen atoms in total. The topological polar surface area (TPSA) is 76.1 Å². The van der Waals surface area contributed by atoms with E-state index in [0.29, 0.717) is 17.1 Å². The first-order valence-electron chi connectivity index (χ1n) is 13.0. The average molecular weight is 570 g/mol. The molecular weight excluding hydrogens is 535 g/mol. The number of carbonyl (C=O) groups is 2. The summed E-state index contributed by atoms with van der Waals surface area (Å²) < 4.78 is 0. The molecule has 0 radical (unpaired) electrons. The van der Waals surface area contributed by atoms with Gasteiger partial charge in [0, 0.05) is 37.7 Å². The molecule has 3 aromatic carbocycles. The Morgan fingerprint density at radius 2 is 1.38 bits per heavy atom. The lowest BCUT2D eigenvalue weighted by molar-refractivity contribution is -0.132. The number of rotatable bonds is 8. The van der Waals surface area contributed by atoms with E-state index in [0.717, 1.165) is 31.1 Å². The number of hydrogen-bond donors (Lipinski definition) is 2. The summed E-state index contributed by atoms with van der Waals surface area (Å²) in [5.41, 5.74) is 1.99. The Kier molecular flexibility index (Phi) is 9.31. The lowest BCUT2D eigenvalue weighted by Crippen LogP contribution is -2.51. The summed E-state index contributed by atoms with van der Waals surface area (Å²) in [6.07, 6.45) is -0.845. The van der Waals surface area contributed by atoms with Crippen LogP contribution in [0.5, 0.6) is 0 Å². The minimum atomic E-state index is -1.18. The molecule has 3 aromatic rings. The molecule has 2 saturated heterocycles. The molecule has 206 valence electrons. The van der Waals surface area contributed by atoms with Crippen molar-refractivity contribution >= 4 is 35.9 Å². The van der Waals surface area contributed by atoms with Crippen LogP contribution in [0.4, 0.5) is 4.79 Å². The van der Waals surface area contributed by atoms with Crippen molar-refractivity contribution in [3.63, 3.8) is 0 Å². The summed E-state index contributed by atoms with van der Waals surface area (Å²) in [7, 11) is 0. The van der Waals surface area contributed by atoms with Gasteiger partial charge in [0.1, 0.15) is 5.54 Å². The van der Waals surface area contributed by atoms with Crippen LogP contribution in [0.2, 0.25) is 5.02 Å². The molecule has 0 aromatic heterocycles. The fourth-order valence-corrected chi connectivity index (χ4v) is 5.62. The van der Waals surface area contributed by atoms with Crippen molar-refractivity contribution in [3.8, 4) is 0 Å². The fraction of sp³-hybridized carbons (Fsp3) is 0.333. The summed E-state index contributed by atoms with van der Waals surface area (Å²) in [5, 5.41) is 14.2. The second kappa shape index (κ2) is 12.5. The highest BCUT2D eigenvalue weighted by Crippen LogP contribution is 2.31. The van der Waals surface area contributed by atoms with Gasteiger partial charge >= 0.3 is 6.03 Å². The molecular formula is C30H34Cl2N4O3. The average Bonchev–Trinajstić information content (AvgIpc) is 3.15. The highest BCUT2D eigenvalue weighted by atomic mass is 35.5. The number of hydrogen-bond acceptors (Lipinski definition) is 5. The molecule has 0 spiro atoms. The monoisotopic (exact) mass is 568 g/mol. The quantitative estimate of drug-likeness (QED) is 0.396. The standard InChI is InChI=1S/C30H33ClN4O3.ClH/c1-30(24-12-14-25(31)15-13-24)28(37)35(29(38)32-30)21-26(36)20-33-16-18-34(19-17-33)27(22-8-4-2-5-9-22)23-10-6-3-7-11-23;/h2-15,26-27,36H,16-21H2,1H3,(H,32,38);1H. The summed E-state index contributed by atoms with van der Waals surface area (Å²) in [6.45, 7) is 5.29. The predicted octanol–water partition coefficient (Wildman–Crippen LogP) is 4.30. The van der Waals surface area contributed by atoms with Gasteiger partial charge in [-0.2, -0.15) is 0 Å². The molecule has 2 aliphatic rings. The van der Waals surface area contributed by atoms with Crippen LogP contribution in [0, 0.1) is 0 Å². The van der Waals surface area contributed by atoms with E-state index in [4.69, 9.17) is 11.6 Å². The van der Waals surface area contributed by atoms with Crippen LogP contribution in [0.1, 0.15) is 29.7 Å². The van der Waals surface area contributed by atoms with Gasteiger partial charge in [0.25, 0.3) is 5.91 Å². The Morgan fingerprint density at radius 3 is 1.92 bits per heavy atom. The van der Waals surface area contributed by atoms with Crippen LogP contribution >= 0.6 is 24.0 Å². The first-order valence-corrected chi connectivity index (χ1v) is 13.4. The lowest BCUT2D eigenvalue weighted by atomic mass is 9.92. The summed E-state index contributed by atoms with van der Waals surface area (Å²) >= 11 is 5.98. The smallest absolute Gasteiger partial charge is 0.325 e. The van der Waals surface area contributed by atoms with Crippen molar-refractivity contribution in [1.82, 2.24) is 20.0 Å². The second-order valence-electron chi connectivity index (χ2n) is 10.2. The van der Waals surface area contributed by atoms with Crippen molar-refractivity contribution in [2.24, 2.45) is 0 Å². The third kappa shape index (κ3) is 6.29. The largest absolute Gasteiger partial charge is 0.390 e. The molecule has 5 rings (SSSR count). The van der Waals surface area contributed by atoms with E-state index < -0.39 is 17.7 Å². The van der Waals surface area contributed by atoms with Gasteiger partial charge in [0.05, 0.1) is 18.7 Å². The zero-order chi connectivity index (χ0) is 26.7. The van der Waals surface area contributed by atoms with Crippen LogP contribution in [-0.4, -0.2) is 77.1 Å². The highest BCUT2D eigenvalue weighted by Gasteiger charge is 2.49. The number of aliphatic hydroxyl groups excluding tert-OH is 1. The Balaban J connectivity index is 0.00000353. The zero-order valence-electron chi connectivity index (χ0n) is 21.9. The Labute approximate surface area is 240 Å². The Morgan fingerprint density at radius 1 is 0.846 bits per heavy atom. The van der Waals surface area contributed by atoms with E-state index in [-0.39, 0.29) is 30.9 Å². The van der Waals surface area contributed by atoms with Crippen molar-refractivity contribution in [2.75, 3.05) is 39.3 Å². The van der Waals surface area contributed by atoms with Gasteiger partial charge in [0.15, 0.2) is 0 Å². The van der Waals surface area contributed by atoms with Gasteiger partial charge in [-0.15, -0.1) is 12.4 Å². The maximum atomic E-state index is 13.2. The number of amides is 3. The molecule has 0 aliphatic carbocycles. The van der Waals surface area contributed by atoms with E-state index >= 15 is 0 Å². The summed E-state index contributed by atoms with van der Waals surface area (Å²) in [5.74, 6) is -0.373. The molecule has 0 bridgehead atoms. The molecule has 3 amide bonds. The van der Waals surface area contributed by atoms with Crippen molar-refractivity contribution < 1.29 is 14.7 Å². The summed E-state index contributed by atoms with van der Waals surface area (Å²) in [6, 6.07) is 27.6. The number of halogens is 2. The van der Waals surface area contributed by atoms with Gasteiger partial charge in [-0.05, 0) is 35.7 Å². The molecule has 2 unspecified atom stereocenters. The molecule has 2 atom stereocenters. The Hall–Kier alpha value is -2.94. The Bertz CT molecular complexity index is 1210. The molecule has 9 heteroatoms. The molecule has 2 fully saturated rings. The number of urea groups is 1. The number of aliphatic hydroxyl groups is 1. The molecule has 0 saturated carbocycles. The SMILES string of the molecule is CC1(c2ccc(Cl)cc2)NC(=O)N(CC(O)CN2CCN(C(c3ccccc3)c3ccccc3)CC2)C1=O.Cl. The maximum absolute atomic E-state index is 13.2. The number of piperazine rings is 1. The lowest BCUT2D eigenvalue weighted by Gasteiger charge is -2.40. The predicted molar refractivity (Wildman–Crippen MR) is 155 cm³/mol. The summed E-state index contributed by atoms with van der Waals surface area (Å²) in [4.78, 5) is 31.7. The van der Waals surface area contributed by atoms with Gasteiger partial charge in [-0.25, -0.2) is 4.79 Å². The van der Waals surface area contributed by atoms with Crippen molar-refractivity contribution in [3.05, 3.63) is 107 Å². The number of β-amino-alcohol motifs (C(OH)–C–C–N with tert-alkyl or cyclic N) is 1. The molecule has 2 heterocycles. The highest BCUT2D eigenvalue weighted by molar-refractivity contribution is 6.30. The third-order valence-electron chi connectivity index (χ3n) is 7.56. The van der Waals surface area contributed by atoms with E-state index in [1.807, 2.05) is 12.1 Å². The van der Waals surface area contributed by atoms with Crippen LogP contribution in [0.25, 0.3) is 0 Å². The number of nitrogens with one attached hydrogen (secondary N) is 1. The maximum Gasteiger partial charge on any atom is 0.325 e. The van der Waals surface area contributed by atoms with E-state index in [1.54, 1.807) is 31.2 Å². The first kappa shape index (κ1) is 29.1. The van der Waals surface area contributed by atoms with Crippen molar-refractivity contribution in [2.45, 2.75) is 24.6 Å². The van der Waals surface area contributed by atoms with Gasteiger partial charge < -0.3 is 10.4 Å². The minimum absolute atomic E-state index is 0. The van der Waals surface area contributed by atoms with Crippen LogP contribution in [-0.2, 0) is 10.3 Å². The van der Waals surface area contributed by atoms with Crippen LogP contribution in [0.15, 0.2) is 84.9 Å². The van der Waals surface area contributed by atoms with Gasteiger partial charge in [-0.1, -0.05) is 84.4 Å². The fourth-order valence-electron chi connectivity index (χ4n) is 5.50. The molecule has 2 aliphatic heterocycles. The van der Waals surface area contributed by atoms with Crippen molar-refractivity contribution in [1.29, 1.82) is 0 Å². The molecule has 2 N–H and O–H groups in total. The number of benzene rings is 3. The number of nitrogens with zero attached hydrogens (tertiary/aromatic N) is 3. The first-order chi connectivity index (χ1) is 18.3. The minimum Gasteiger partial charge on any atom is -0.390 e. The second-order valence-corrected chi connectivity index (χ2v) is 10.6. The van der Waals surface area contributed by atoms with E-state index in [1.165, 1.54) is 11.1 Å². The number of imide groups is 1. The normalized spacial score (nSPS) is 21.1. The number of carbonyl (C=O) groups excluding carboxylic acids is 2.